The molecule has 0 fully saturated rings. The molecule has 0 aromatic carbocycles. The molecule has 0 aliphatic carbocycles. The predicted molar refractivity (Wildman–Crippen MR) is 39.1 cm³/mol. The summed E-state index contributed by atoms with van der Waals surface area (Å²) in [5.74, 6) is 0. The number of isocyanates is 1. The number of carbonyl (C=O) groups excluding carboxylic acids is 1. The van der Waals surface area contributed by atoms with E-state index in [1.165, 1.54) is 13.2 Å². The molecule has 0 radical (unpaired) electrons. The van der Waals surface area contributed by atoms with E-state index in [-0.39, 0.29) is 0 Å². The number of hydrogen-bond acceptors (Lipinski definition) is 4. The lowest BCUT2D eigenvalue weighted by Crippen LogP contribution is -2.33. The monoisotopic (exact) mass is 161 g/mol. The van der Waals surface area contributed by atoms with Crippen molar-refractivity contribution in [3.63, 3.8) is 0 Å². The van der Waals surface area contributed by atoms with Crippen LogP contribution in [0, 0.1) is 0 Å². The summed E-state index contributed by atoms with van der Waals surface area (Å²) in [6, 6.07) is 0. The Morgan fingerprint density at radius 2 is 2.20 bits per heavy atom. The molecule has 0 amide bonds. The Hall–Kier alpha value is -0.483. The number of aliphatic imine (C=N–C) groups is 1. The summed E-state index contributed by atoms with van der Waals surface area (Å²) < 4.78 is 9.82. The minimum absolute atomic E-state index is 0.740. The number of ether oxygens (including phenoxy) is 1. The van der Waals surface area contributed by atoms with Crippen molar-refractivity contribution in [2.75, 3.05) is 14.2 Å². The van der Waals surface area contributed by atoms with Gasteiger partial charge in [-0.1, -0.05) is 0 Å². The molecule has 0 spiro atoms. The van der Waals surface area contributed by atoms with E-state index < -0.39 is 15.1 Å². The van der Waals surface area contributed by atoms with E-state index in [1.807, 2.05) is 0 Å². The van der Waals surface area contributed by atoms with Gasteiger partial charge in [0, 0.05) is 14.2 Å². The summed E-state index contributed by atoms with van der Waals surface area (Å²) in [6.07, 6.45) is 1.45. The van der Waals surface area contributed by atoms with Crippen LogP contribution in [0.15, 0.2) is 4.99 Å². The van der Waals surface area contributed by atoms with Crippen molar-refractivity contribution in [3.8, 4) is 0 Å². The van der Waals surface area contributed by atoms with Crippen molar-refractivity contribution in [3.05, 3.63) is 0 Å². The SMILES string of the molecule is CO[SiH2]C(C)(N=C=O)OC. The van der Waals surface area contributed by atoms with Crippen LogP contribution in [0.4, 0.5) is 0 Å². The van der Waals surface area contributed by atoms with Crippen LogP contribution in [0.25, 0.3) is 0 Å². The molecular formula is C5H11NO3Si. The Labute approximate surface area is 62.2 Å². The molecule has 0 bridgehead atoms. The molecule has 0 aromatic heterocycles. The van der Waals surface area contributed by atoms with E-state index >= 15 is 0 Å². The molecule has 0 saturated carbocycles. The highest BCUT2D eigenvalue weighted by Gasteiger charge is 2.22. The first-order valence-electron chi connectivity index (χ1n) is 2.81. The van der Waals surface area contributed by atoms with E-state index in [2.05, 4.69) is 4.99 Å². The summed E-state index contributed by atoms with van der Waals surface area (Å²) in [5, 5.41) is -0.740. The Kier molecular flexibility index (Phi) is 4.14. The molecule has 0 aliphatic heterocycles. The van der Waals surface area contributed by atoms with E-state index in [0.29, 0.717) is 0 Å². The van der Waals surface area contributed by atoms with E-state index in [1.54, 1.807) is 14.0 Å². The van der Waals surface area contributed by atoms with Gasteiger partial charge < -0.3 is 9.16 Å². The topological polar surface area (TPSA) is 47.9 Å². The minimum atomic E-state index is -0.923. The lowest BCUT2D eigenvalue weighted by Gasteiger charge is -2.18. The predicted octanol–water partition coefficient (Wildman–Crippen LogP) is -0.628. The summed E-state index contributed by atoms with van der Waals surface area (Å²) in [5.41, 5.74) is 0. The van der Waals surface area contributed by atoms with Gasteiger partial charge in [0.15, 0.2) is 5.35 Å². The van der Waals surface area contributed by atoms with Crippen molar-refractivity contribution in [2.24, 2.45) is 4.99 Å². The molecule has 0 saturated heterocycles. The summed E-state index contributed by atoms with van der Waals surface area (Å²) in [7, 11) is 2.14. The van der Waals surface area contributed by atoms with Crippen molar-refractivity contribution in [1.82, 2.24) is 0 Å². The average Bonchev–Trinajstić information content (AvgIpc) is 1.89. The lowest BCUT2D eigenvalue weighted by molar-refractivity contribution is 0.0717. The normalized spacial score (nSPS) is 16.7. The maximum atomic E-state index is 9.85. The van der Waals surface area contributed by atoms with Gasteiger partial charge in [-0.3, -0.25) is 0 Å². The van der Waals surface area contributed by atoms with Gasteiger partial charge >= 0.3 is 0 Å². The van der Waals surface area contributed by atoms with Gasteiger partial charge in [0.2, 0.25) is 15.8 Å². The largest absolute Gasteiger partial charge is 0.422 e. The van der Waals surface area contributed by atoms with Crippen molar-refractivity contribution < 1.29 is 14.0 Å². The standard InChI is InChI=1S/C5H11NO3Si/c1-5(8-2,6-4-7)10-9-3/h10H2,1-3H3. The quantitative estimate of drug-likeness (QED) is 0.313. The van der Waals surface area contributed by atoms with E-state index in [0.717, 1.165) is 0 Å². The molecule has 0 rings (SSSR count). The van der Waals surface area contributed by atoms with Gasteiger partial charge in [-0.15, -0.1) is 0 Å². The summed E-state index contributed by atoms with van der Waals surface area (Å²) in [4.78, 5) is 13.3. The zero-order valence-corrected chi connectivity index (χ0v) is 7.79. The first-order chi connectivity index (χ1) is 4.68. The highest BCUT2D eigenvalue weighted by molar-refractivity contribution is 6.31. The second kappa shape index (κ2) is 4.35. The zero-order valence-electron chi connectivity index (χ0n) is 6.38. The molecule has 0 N–H and O–H groups in total. The lowest BCUT2D eigenvalue weighted by atomic mass is 10.7. The van der Waals surface area contributed by atoms with Crippen LogP contribution in [0.3, 0.4) is 0 Å². The molecule has 0 heterocycles. The first kappa shape index (κ1) is 9.52. The van der Waals surface area contributed by atoms with Crippen molar-refractivity contribution >= 4 is 15.8 Å². The van der Waals surface area contributed by atoms with E-state index in [4.69, 9.17) is 9.16 Å². The maximum absolute atomic E-state index is 9.85. The number of rotatable bonds is 4. The van der Waals surface area contributed by atoms with Gasteiger partial charge in [-0.05, 0) is 6.92 Å². The van der Waals surface area contributed by atoms with Crippen LogP contribution in [0.5, 0.6) is 0 Å². The minimum Gasteiger partial charge on any atom is -0.422 e. The second-order valence-electron chi connectivity index (χ2n) is 2.02. The number of nitrogens with zero attached hydrogens (tertiary/aromatic N) is 1. The molecule has 1 unspecified atom stereocenters. The molecule has 0 aliphatic rings. The Morgan fingerprint density at radius 1 is 1.60 bits per heavy atom. The molecule has 0 aromatic rings. The molecule has 1 atom stereocenters. The van der Waals surface area contributed by atoms with E-state index in [9.17, 15) is 4.79 Å². The molecule has 4 nitrogen and oxygen atoms in total. The first-order valence-corrected chi connectivity index (χ1v) is 4.10. The zero-order chi connectivity index (χ0) is 8.04. The fraction of sp³-hybridized carbons (Fsp3) is 0.800. The van der Waals surface area contributed by atoms with Crippen LogP contribution in [0.1, 0.15) is 6.92 Å². The highest BCUT2D eigenvalue weighted by atomic mass is 28.2. The Balaban J connectivity index is 4.07. The third kappa shape index (κ3) is 2.89. The highest BCUT2D eigenvalue weighted by Crippen LogP contribution is 2.06. The maximum Gasteiger partial charge on any atom is 0.237 e. The fourth-order valence-corrected chi connectivity index (χ4v) is 1.28. The van der Waals surface area contributed by atoms with Crippen LogP contribution >= 0.6 is 0 Å². The van der Waals surface area contributed by atoms with Gasteiger partial charge in [-0.25, -0.2) is 4.79 Å². The second-order valence-corrected chi connectivity index (χ2v) is 4.19. The summed E-state index contributed by atoms with van der Waals surface area (Å²) >= 11 is 0. The molecule has 10 heavy (non-hydrogen) atoms. The number of methoxy groups -OCH3 is 1. The van der Waals surface area contributed by atoms with Gasteiger partial charge in [0.25, 0.3) is 0 Å². The van der Waals surface area contributed by atoms with Crippen LogP contribution in [-0.4, -0.2) is 35.4 Å². The Bertz CT molecular complexity index is 146. The fourth-order valence-electron chi connectivity index (χ4n) is 0.501. The third-order valence-corrected chi connectivity index (χ3v) is 2.41. The summed E-state index contributed by atoms with van der Waals surface area (Å²) in [6.45, 7) is 1.70. The van der Waals surface area contributed by atoms with Crippen LogP contribution < -0.4 is 0 Å². The van der Waals surface area contributed by atoms with Gasteiger partial charge in [0.1, 0.15) is 0 Å². The van der Waals surface area contributed by atoms with Crippen molar-refractivity contribution in [2.45, 2.75) is 12.3 Å². The van der Waals surface area contributed by atoms with Crippen LogP contribution in [0.2, 0.25) is 0 Å². The number of hydrogen-bond donors (Lipinski definition) is 0. The van der Waals surface area contributed by atoms with Gasteiger partial charge in [0.05, 0.1) is 0 Å². The van der Waals surface area contributed by atoms with Gasteiger partial charge in [-0.2, -0.15) is 4.99 Å². The molecule has 58 valence electrons. The molecule has 5 heteroatoms. The van der Waals surface area contributed by atoms with Crippen molar-refractivity contribution in [1.29, 1.82) is 0 Å². The third-order valence-electron chi connectivity index (χ3n) is 1.13. The molecular weight excluding hydrogens is 150 g/mol. The smallest absolute Gasteiger partial charge is 0.237 e. The Morgan fingerprint density at radius 3 is 2.50 bits per heavy atom. The average molecular weight is 161 g/mol. The van der Waals surface area contributed by atoms with Crippen LogP contribution in [-0.2, 0) is 14.0 Å².